The van der Waals surface area contributed by atoms with Crippen molar-refractivity contribution in [3.05, 3.63) is 0 Å². The molecule has 0 radical (unpaired) electrons. The zero-order valence-corrected chi connectivity index (χ0v) is 8.43. The Morgan fingerprint density at radius 2 is 1.73 bits per heavy atom. The Morgan fingerprint density at radius 3 is 2.09 bits per heavy atom. The number of nitrogens with zero attached hydrogens (tertiary/aromatic N) is 1. The van der Waals surface area contributed by atoms with E-state index in [9.17, 15) is 0 Å². The van der Waals surface area contributed by atoms with Crippen molar-refractivity contribution >= 4 is 0 Å². The molecule has 0 aliphatic rings. The van der Waals surface area contributed by atoms with E-state index in [-0.39, 0.29) is 0 Å². The second-order valence-corrected chi connectivity index (χ2v) is 4.49. The van der Waals surface area contributed by atoms with Crippen LogP contribution in [0.5, 0.6) is 0 Å². The molecule has 0 fully saturated rings. The van der Waals surface area contributed by atoms with Crippen molar-refractivity contribution in [3.8, 4) is 0 Å². The van der Waals surface area contributed by atoms with Gasteiger partial charge in [0.1, 0.15) is 0 Å². The van der Waals surface area contributed by atoms with Gasteiger partial charge >= 0.3 is 0 Å². The van der Waals surface area contributed by atoms with Crippen LogP contribution < -0.4 is 5.73 Å². The van der Waals surface area contributed by atoms with E-state index < -0.39 is 0 Å². The number of hydrogen-bond acceptors (Lipinski definition) is 1. The third-order valence-corrected chi connectivity index (χ3v) is 1.74. The Labute approximate surface area is 71.0 Å². The van der Waals surface area contributed by atoms with E-state index in [1.54, 1.807) is 0 Å². The summed E-state index contributed by atoms with van der Waals surface area (Å²) in [6.07, 6.45) is 3.73. The molecule has 11 heavy (non-hydrogen) atoms. The van der Waals surface area contributed by atoms with Gasteiger partial charge in [0.25, 0.3) is 0 Å². The summed E-state index contributed by atoms with van der Waals surface area (Å²) in [5.74, 6) is 0. The SMILES string of the molecule is CC(N)CCCC[N+](C)(C)C. The average molecular weight is 159 g/mol. The molecule has 0 rings (SSSR count). The van der Waals surface area contributed by atoms with Gasteiger partial charge in [0.2, 0.25) is 0 Å². The molecule has 0 amide bonds. The van der Waals surface area contributed by atoms with Gasteiger partial charge in [0, 0.05) is 6.04 Å². The van der Waals surface area contributed by atoms with E-state index in [0.717, 1.165) is 4.48 Å². The van der Waals surface area contributed by atoms with E-state index in [4.69, 9.17) is 5.73 Å². The first-order chi connectivity index (χ1) is 4.92. The molecule has 0 aliphatic carbocycles. The lowest BCUT2D eigenvalue weighted by Gasteiger charge is -2.23. The lowest BCUT2D eigenvalue weighted by molar-refractivity contribution is -0.870. The smallest absolute Gasteiger partial charge is 0.0780 e. The van der Waals surface area contributed by atoms with Crippen molar-refractivity contribution in [3.63, 3.8) is 0 Å². The van der Waals surface area contributed by atoms with Crippen molar-refractivity contribution in [2.24, 2.45) is 5.73 Å². The van der Waals surface area contributed by atoms with Gasteiger partial charge in [-0.15, -0.1) is 0 Å². The van der Waals surface area contributed by atoms with Crippen LogP contribution in [0.4, 0.5) is 0 Å². The molecule has 68 valence electrons. The maximum Gasteiger partial charge on any atom is 0.0780 e. The topological polar surface area (TPSA) is 26.0 Å². The number of unbranched alkanes of at least 4 members (excludes halogenated alkanes) is 1. The normalized spacial score (nSPS) is 15.0. The van der Waals surface area contributed by atoms with E-state index >= 15 is 0 Å². The first-order valence-corrected chi connectivity index (χ1v) is 4.48. The second-order valence-electron chi connectivity index (χ2n) is 4.49. The number of nitrogens with two attached hydrogens (primary N) is 1. The molecule has 0 aromatic carbocycles. The second kappa shape index (κ2) is 4.73. The minimum atomic E-state index is 0.377. The molecule has 0 aromatic heterocycles. The summed E-state index contributed by atoms with van der Waals surface area (Å²) in [4.78, 5) is 0. The third kappa shape index (κ3) is 9.92. The molecule has 1 unspecified atom stereocenters. The minimum absolute atomic E-state index is 0.377. The summed E-state index contributed by atoms with van der Waals surface area (Å²) in [6, 6.07) is 0.377. The first-order valence-electron chi connectivity index (χ1n) is 4.48. The van der Waals surface area contributed by atoms with E-state index in [2.05, 4.69) is 28.1 Å². The molecule has 0 saturated heterocycles. The molecule has 0 aromatic rings. The van der Waals surface area contributed by atoms with Gasteiger partial charge in [0.15, 0.2) is 0 Å². The number of quaternary nitrogens is 1. The molecule has 0 saturated carbocycles. The van der Waals surface area contributed by atoms with Crippen LogP contribution in [-0.2, 0) is 0 Å². The summed E-state index contributed by atoms with van der Waals surface area (Å²) >= 11 is 0. The highest BCUT2D eigenvalue weighted by Gasteiger charge is 2.05. The van der Waals surface area contributed by atoms with Crippen molar-refractivity contribution in [2.75, 3.05) is 27.7 Å². The predicted molar refractivity (Wildman–Crippen MR) is 50.4 cm³/mol. The quantitative estimate of drug-likeness (QED) is 0.473. The van der Waals surface area contributed by atoms with Crippen LogP contribution in [0.3, 0.4) is 0 Å². The van der Waals surface area contributed by atoms with Crippen LogP contribution in [0.1, 0.15) is 26.2 Å². The summed E-state index contributed by atoms with van der Waals surface area (Å²) in [5.41, 5.74) is 5.64. The first kappa shape index (κ1) is 10.9. The molecule has 0 aliphatic heterocycles. The van der Waals surface area contributed by atoms with Crippen LogP contribution in [0, 0.1) is 0 Å². The van der Waals surface area contributed by atoms with E-state index in [1.807, 2.05) is 0 Å². The van der Waals surface area contributed by atoms with Gasteiger partial charge < -0.3 is 10.2 Å². The lowest BCUT2D eigenvalue weighted by Crippen LogP contribution is -2.35. The highest BCUT2D eigenvalue weighted by Crippen LogP contribution is 2.01. The molecule has 0 bridgehead atoms. The standard InChI is InChI=1S/C9H23N2/c1-9(10)7-5-6-8-11(2,3)4/h9H,5-8,10H2,1-4H3/q+1. The molecule has 0 spiro atoms. The van der Waals surface area contributed by atoms with Crippen molar-refractivity contribution in [2.45, 2.75) is 32.2 Å². The highest BCUT2D eigenvalue weighted by molar-refractivity contribution is 4.52. The molecule has 2 N–H and O–H groups in total. The monoisotopic (exact) mass is 159 g/mol. The van der Waals surface area contributed by atoms with Gasteiger partial charge in [-0.1, -0.05) is 0 Å². The van der Waals surface area contributed by atoms with Crippen LogP contribution in [-0.4, -0.2) is 38.2 Å². The Morgan fingerprint density at radius 1 is 1.18 bits per heavy atom. The largest absolute Gasteiger partial charge is 0.331 e. The average Bonchev–Trinajstić information content (AvgIpc) is 1.78. The molecule has 2 nitrogen and oxygen atoms in total. The fourth-order valence-corrected chi connectivity index (χ4v) is 1.05. The van der Waals surface area contributed by atoms with Crippen molar-refractivity contribution < 1.29 is 4.48 Å². The zero-order chi connectivity index (χ0) is 8.91. The minimum Gasteiger partial charge on any atom is -0.331 e. The lowest BCUT2D eigenvalue weighted by atomic mass is 10.1. The Balaban J connectivity index is 3.15. The number of hydrogen-bond donors (Lipinski definition) is 1. The van der Waals surface area contributed by atoms with Crippen LogP contribution >= 0.6 is 0 Å². The summed E-state index contributed by atoms with van der Waals surface area (Å²) < 4.78 is 1.07. The molecule has 0 heterocycles. The maximum atomic E-state index is 5.64. The Kier molecular flexibility index (Phi) is 4.69. The van der Waals surface area contributed by atoms with Gasteiger partial charge in [-0.2, -0.15) is 0 Å². The molecular weight excluding hydrogens is 136 g/mol. The molecule has 2 heteroatoms. The number of rotatable bonds is 5. The van der Waals surface area contributed by atoms with Crippen molar-refractivity contribution in [1.82, 2.24) is 0 Å². The van der Waals surface area contributed by atoms with E-state index in [0.29, 0.717) is 6.04 Å². The molecular formula is C9H23N2+. The fraction of sp³-hybridized carbons (Fsp3) is 1.00. The van der Waals surface area contributed by atoms with Gasteiger partial charge in [-0.25, -0.2) is 0 Å². The summed E-state index contributed by atoms with van der Waals surface area (Å²) in [7, 11) is 6.68. The van der Waals surface area contributed by atoms with Gasteiger partial charge in [-0.05, 0) is 26.2 Å². The van der Waals surface area contributed by atoms with Crippen LogP contribution in [0.2, 0.25) is 0 Å². The van der Waals surface area contributed by atoms with Gasteiger partial charge in [-0.3, -0.25) is 0 Å². The highest BCUT2D eigenvalue weighted by atomic mass is 15.3. The zero-order valence-electron chi connectivity index (χ0n) is 8.43. The van der Waals surface area contributed by atoms with Gasteiger partial charge in [0.05, 0.1) is 27.7 Å². The Bertz CT molecular complexity index is 92.2. The third-order valence-electron chi connectivity index (χ3n) is 1.74. The summed E-state index contributed by atoms with van der Waals surface area (Å²) in [5, 5.41) is 0. The Hall–Kier alpha value is -0.0800. The van der Waals surface area contributed by atoms with Crippen LogP contribution in [0.25, 0.3) is 0 Å². The van der Waals surface area contributed by atoms with Crippen molar-refractivity contribution in [1.29, 1.82) is 0 Å². The predicted octanol–water partition coefficient (Wildman–Crippen LogP) is 1.21. The maximum absolute atomic E-state index is 5.64. The summed E-state index contributed by atoms with van der Waals surface area (Å²) in [6.45, 7) is 3.33. The van der Waals surface area contributed by atoms with Crippen LogP contribution in [0.15, 0.2) is 0 Å². The fourth-order valence-electron chi connectivity index (χ4n) is 1.05. The molecule has 1 atom stereocenters. The van der Waals surface area contributed by atoms with E-state index in [1.165, 1.54) is 25.8 Å².